The van der Waals surface area contributed by atoms with Crippen LogP contribution in [0.25, 0.3) is 22.2 Å². The zero-order valence-electron chi connectivity index (χ0n) is 15.6. The minimum absolute atomic E-state index is 1.06. The van der Waals surface area contributed by atoms with Crippen LogP contribution in [-0.4, -0.2) is 4.98 Å². The molecule has 1 nitrogen and oxygen atoms in total. The normalized spacial score (nSPS) is 11.1. The molecule has 3 rings (SSSR count). The molecule has 0 spiro atoms. The van der Waals surface area contributed by atoms with Crippen LogP contribution in [0.15, 0.2) is 54.6 Å². The van der Waals surface area contributed by atoms with Crippen LogP contribution in [0.3, 0.4) is 0 Å². The van der Waals surface area contributed by atoms with Gasteiger partial charge in [0.1, 0.15) is 0 Å². The van der Waals surface area contributed by atoms with E-state index in [0.717, 1.165) is 11.2 Å². The second-order valence-electron chi connectivity index (χ2n) is 7.11. The van der Waals surface area contributed by atoms with Crippen LogP contribution in [0.4, 0.5) is 0 Å². The number of pyridine rings is 1. The molecule has 0 atom stereocenters. The molecule has 0 saturated carbocycles. The molecule has 130 valence electrons. The highest BCUT2D eigenvalue weighted by Gasteiger charge is 2.02. The monoisotopic (exact) mass is 331 g/mol. The Kier molecular flexibility index (Phi) is 6.22. The summed E-state index contributed by atoms with van der Waals surface area (Å²) in [5.74, 6) is 0. The van der Waals surface area contributed by atoms with Gasteiger partial charge in [-0.1, -0.05) is 81.0 Å². The molecule has 0 aliphatic heterocycles. The topological polar surface area (TPSA) is 12.9 Å². The van der Waals surface area contributed by atoms with E-state index in [4.69, 9.17) is 4.98 Å². The minimum atomic E-state index is 1.06. The van der Waals surface area contributed by atoms with Crippen molar-refractivity contribution in [2.45, 2.75) is 58.8 Å². The number of benzene rings is 2. The number of hydrogen-bond donors (Lipinski definition) is 0. The van der Waals surface area contributed by atoms with E-state index in [0.29, 0.717) is 0 Å². The highest BCUT2D eigenvalue weighted by molar-refractivity contribution is 5.82. The molecule has 0 unspecified atom stereocenters. The molecule has 0 fully saturated rings. The number of rotatable bonds is 8. The Morgan fingerprint density at radius 1 is 0.760 bits per heavy atom. The lowest BCUT2D eigenvalue weighted by molar-refractivity contribution is 0.607. The summed E-state index contributed by atoms with van der Waals surface area (Å²) in [7, 11) is 0. The summed E-state index contributed by atoms with van der Waals surface area (Å²) >= 11 is 0. The van der Waals surface area contributed by atoms with Crippen LogP contribution in [0.2, 0.25) is 0 Å². The first-order chi connectivity index (χ1) is 12.3. The van der Waals surface area contributed by atoms with Crippen LogP contribution < -0.4 is 0 Å². The molecule has 1 aromatic heterocycles. The molecule has 0 radical (unpaired) electrons. The molecule has 3 aromatic rings. The molecule has 0 saturated heterocycles. The maximum atomic E-state index is 4.82. The van der Waals surface area contributed by atoms with Crippen LogP contribution in [0, 0.1) is 6.92 Å². The molecular weight excluding hydrogens is 302 g/mol. The van der Waals surface area contributed by atoms with E-state index in [1.807, 2.05) is 0 Å². The van der Waals surface area contributed by atoms with Crippen molar-refractivity contribution >= 4 is 10.9 Å². The Bertz CT molecular complexity index is 802. The number of aromatic nitrogens is 1. The molecule has 0 amide bonds. The van der Waals surface area contributed by atoms with Gasteiger partial charge in [-0.3, -0.25) is 0 Å². The van der Waals surface area contributed by atoms with Crippen LogP contribution >= 0.6 is 0 Å². The smallest absolute Gasteiger partial charge is 0.0709 e. The largest absolute Gasteiger partial charge is 0.248 e. The molecule has 1 heterocycles. The predicted molar refractivity (Wildman–Crippen MR) is 109 cm³/mol. The Labute approximate surface area is 152 Å². The van der Waals surface area contributed by atoms with Crippen molar-refractivity contribution in [2.24, 2.45) is 0 Å². The summed E-state index contributed by atoms with van der Waals surface area (Å²) in [6.07, 6.45) is 9.33. The van der Waals surface area contributed by atoms with Gasteiger partial charge in [-0.15, -0.1) is 0 Å². The zero-order valence-corrected chi connectivity index (χ0v) is 15.6. The second-order valence-corrected chi connectivity index (χ2v) is 7.11. The molecule has 1 heteroatoms. The van der Waals surface area contributed by atoms with E-state index in [2.05, 4.69) is 68.4 Å². The van der Waals surface area contributed by atoms with E-state index < -0.39 is 0 Å². The fourth-order valence-corrected chi connectivity index (χ4v) is 3.36. The lowest BCUT2D eigenvalue weighted by atomic mass is 10.0. The van der Waals surface area contributed by atoms with E-state index in [-0.39, 0.29) is 0 Å². The highest BCUT2D eigenvalue weighted by Crippen LogP contribution is 2.22. The first kappa shape index (κ1) is 17.7. The van der Waals surface area contributed by atoms with Crippen molar-refractivity contribution in [1.82, 2.24) is 4.98 Å². The third-order valence-corrected chi connectivity index (χ3v) is 4.91. The van der Waals surface area contributed by atoms with Crippen LogP contribution in [0.1, 0.15) is 56.6 Å². The number of aryl methyl sites for hydroxylation is 2. The SMILES string of the molecule is CCCCCCCCc1ccc(-c2ccc3cc(C)ccc3n2)cc1. The van der Waals surface area contributed by atoms with E-state index in [1.165, 1.54) is 67.0 Å². The van der Waals surface area contributed by atoms with Crippen molar-refractivity contribution in [1.29, 1.82) is 0 Å². The highest BCUT2D eigenvalue weighted by atomic mass is 14.7. The molecule has 0 N–H and O–H groups in total. The fraction of sp³-hybridized carbons (Fsp3) is 0.375. The molecule has 25 heavy (non-hydrogen) atoms. The fourth-order valence-electron chi connectivity index (χ4n) is 3.36. The van der Waals surface area contributed by atoms with Crippen molar-refractivity contribution in [2.75, 3.05) is 0 Å². The van der Waals surface area contributed by atoms with Crippen molar-refractivity contribution in [3.05, 3.63) is 65.7 Å². The van der Waals surface area contributed by atoms with Gasteiger partial charge < -0.3 is 0 Å². The Morgan fingerprint density at radius 3 is 2.32 bits per heavy atom. The summed E-state index contributed by atoms with van der Waals surface area (Å²) in [4.78, 5) is 4.82. The van der Waals surface area contributed by atoms with Gasteiger partial charge in [-0.25, -0.2) is 4.98 Å². The van der Waals surface area contributed by atoms with Crippen LogP contribution in [-0.2, 0) is 6.42 Å². The number of hydrogen-bond acceptors (Lipinski definition) is 1. The summed E-state index contributed by atoms with van der Waals surface area (Å²) < 4.78 is 0. The lowest BCUT2D eigenvalue weighted by Gasteiger charge is -2.06. The van der Waals surface area contributed by atoms with Gasteiger partial charge >= 0.3 is 0 Å². The quantitative estimate of drug-likeness (QED) is 0.401. The van der Waals surface area contributed by atoms with Crippen LogP contribution in [0.5, 0.6) is 0 Å². The van der Waals surface area contributed by atoms with Gasteiger partial charge in [-0.05, 0) is 43.5 Å². The maximum Gasteiger partial charge on any atom is 0.0709 e. The van der Waals surface area contributed by atoms with Gasteiger partial charge in [0.15, 0.2) is 0 Å². The summed E-state index contributed by atoms with van der Waals surface area (Å²) in [6, 6.07) is 19.7. The molecule has 2 aromatic carbocycles. The molecule has 0 aliphatic carbocycles. The van der Waals surface area contributed by atoms with Gasteiger partial charge in [-0.2, -0.15) is 0 Å². The first-order valence-corrected chi connectivity index (χ1v) is 9.73. The Morgan fingerprint density at radius 2 is 1.52 bits per heavy atom. The van der Waals surface area contributed by atoms with E-state index in [1.54, 1.807) is 0 Å². The Hall–Kier alpha value is -2.15. The van der Waals surface area contributed by atoms with Crippen molar-refractivity contribution < 1.29 is 0 Å². The third-order valence-electron chi connectivity index (χ3n) is 4.91. The van der Waals surface area contributed by atoms with E-state index >= 15 is 0 Å². The minimum Gasteiger partial charge on any atom is -0.248 e. The number of nitrogens with zero attached hydrogens (tertiary/aromatic N) is 1. The molecular formula is C24H29N. The molecule has 0 bridgehead atoms. The van der Waals surface area contributed by atoms with Crippen molar-refractivity contribution in [3.8, 4) is 11.3 Å². The maximum absolute atomic E-state index is 4.82. The summed E-state index contributed by atoms with van der Waals surface area (Å²) in [5.41, 5.74) is 6.05. The van der Waals surface area contributed by atoms with Gasteiger partial charge in [0.05, 0.1) is 11.2 Å². The number of unbranched alkanes of at least 4 members (excludes halogenated alkanes) is 5. The standard InChI is InChI=1S/C24H29N/c1-3-4-5-6-7-8-9-20-11-13-21(14-12-20)23-17-15-22-18-19(2)10-16-24(22)25-23/h10-18H,3-9H2,1-2H3. The average molecular weight is 332 g/mol. The summed E-state index contributed by atoms with van der Waals surface area (Å²) in [6.45, 7) is 4.39. The van der Waals surface area contributed by atoms with Gasteiger partial charge in [0, 0.05) is 10.9 Å². The van der Waals surface area contributed by atoms with Gasteiger partial charge in [0.25, 0.3) is 0 Å². The third kappa shape index (κ3) is 4.92. The average Bonchev–Trinajstić information content (AvgIpc) is 2.64. The second kappa shape index (κ2) is 8.80. The molecule has 0 aliphatic rings. The Balaban J connectivity index is 1.61. The zero-order chi connectivity index (χ0) is 17.5. The van der Waals surface area contributed by atoms with Crippen molar-refractivity contribution in [3.63, 3.8) is 0 Å². The first-order valence-electron chi connectivity index (χ1n) is 9.73. The predicted octanol–water partition coefficient (Wildman–Crippen LogP) is 7.11. The number of fused-ring (bicyclic) bond motifs is 1. The van der Waals surface area contributed by atoms with Gasteiger partial charge in [0.2, 0.25) is 0 Å². The van der Waals surface area contributed by atoms with E-state index in [9.17, 15) is 0 Å². The lowest BCUT2D eigenvalue weighted by Crippen LogP contribution is -1.89. The summed E-state index contributed by atoms with van der Waals surface area (Å²) in [5, 5.41) is 1.21.